The molecule has 0 heterocycles. The highest BCUT2D eigenvalue weighted by atomic mass is 32.2. The van der Waals surface area contributed by atoms with Crippen LogP contribution in [-0.2, 0) is 32.6 Å². The zero-order chi connectivity index (χ0) is 32.4. The second kappa shape index (κ2) is 15.4. The van der Waals surface area contributed by atoms with Crippen LogP contribution in [0.5, 0.6) is 11.5 Å². The maximum absolute atomic E-state index is 14.2. The highest BCUT2D eigenvalue weighted by Crippen LogP contribution is 2.26. The molecule has 0 unspecified atom stereocenters. The van der Waals surface area contributed by atoms with Crippen molar-refractivity contribution in [1.29, 1.82) is 0 Å². The lowest BCUT2D eigenvalue weighted by molar-refractivity contribution is -0.140. The first-order valence-electron chi connectivity index (χ1n) is 15.0. The molecule has 2 amide bonds. The van der Waals surface area contributed by atoms with E-state index in [1.807, 2.05) is 106 Å². The Labute approximate surface area is 266 Å². The lowest BCUT2D eigenvalue weighted by atomic mass is 10.0. The zero-order valence-corrected chi connectivity index (χ0v) is 27.0. The van der Waals surface area contributed by atoms with Gasteiger partial charge in [0.25, 0.3) is 0 Å². The van der Waals surface area contributed by atoms with Crippen LogP contribution in [0.15, 0.2) is 109 Å². The van der Waals surface area contributed by atoms with Crippen molar-refractivity contribution < 1.29 is 22.7 Å². The van der Waals surface area contributed by atoms with Crippen molar-refractivity contribution in [3.05, 3.63) is 126 Å². The Morgan fingerprint density at radius 1 is 0.778 bits per heavy atom. The fourth-order valence-corrected chi connectivity index (χ4v) is 5.64. The van der Waals surface area contributed by atoms with Crippen molar-refractivity contribution in [3.8, 4) is 11.5 Å². The molecule has 0 aliphatic rings. The van der Waals surface area contributed by atoms with E-state index in [-0.39, 0.29) is 24.8 Å². The summed E-state index contributed by atoms with van der Waals surface area (Å²) in [7, 11) is -3.88. The van der Waals surface area contributed by atoms with Gasteiger partial charge in [0.15, 0.2) is 0 Å². The Morgan fingerprint density at radius 3 is 1.93 bits per heavy atom. The summed E-state index contributed by atoms with van der Waals surface area (Å²) in [4.78, 5) is 29.5. The molecule has 9 heteroatoms. The van der Waals surface area contributed by atoms with Crippen LogP contribution in [0.25, 0.3) is 0 Å². The molecule has 45 heavy (non-hydrogen) atoms. The number of amides is 2. The normalized spacial score (nSPS) is 11.9. The van der Waals surface area contributed by atoms with Crippen LogP contribution in [-0.4, -0.2) is 50.5 Å². The molecule has 4 rings (SSSR count). The summed E-state index contributed by atoms with van der Waals surface area (Å²) in [5.74, 6) is 0.595. The molecular weight excluding hydrogens is 586 g/mol. The van der Waals surface area contributed by atoms with Crippen LogP contribution in [0.2, 0.25) is 0 Å². The summed E-state index contributed by atoms with van der Waals surface area (Å²) in [6.45, 7) is 6.08. The number of benzene rings is 4. The van der Waals surface area contributed by atoms with E-state index < -0.39 is 28.5 Å². The van der Waals surface area contributed by atoms with Crippen molar-refractivity contribution in [2.75, 3.05) is 23.7 Å². The predicted octanol–water partition coefficient (Wildman–Crippen LogP) is 5.97. The lowest BCUT2D eigenvalue weighted by Crippen LogP contribution is -2.53. The fourth-order valence-electron chi connectivity index (χ4n) is 4.79. The molecule has 0 saturated carbocycles. The summed E-state index contributed by atoms with van der Waals surface area (Å²) in [6, 6.07) is 32.1. The van der Waals surface area contributed by atoms with Crippen molar-refractivity contribution in [3.63, 3.8) is 0 Å². The molecule has 0 fully saturated rings. The number of anilines is 1. The van der Waals surface area contributed by atoms with Gasteiger partial charge in [0.1, 0.15) is 24.1 Å². The minimum absolute atomic E-state index is 0.132. The van der Waals surface area contributed by atoms with Crippen molar-refractivity contribution in [1.82, 2.24) is 10.2 Å². The number of carbonyl (C=O) groups is 2. The van der Waals surface area contributed by atoms with Crippen LogP contribution in [0.3, 0.4) is 0 Å². The van der Waals surface area contributed by atoms with Gasteiger partial charge in [0.2, 0.25) is 21.8 Å². The van der Waals surface area contributed by atoms with Gasteiger partial charge in [-0.3, -0.25) is 13.9 Å². The molecule has 4 aromatic carbocycles. The second-order valence-corrected chi connectivity index (χ2v) is 13.4. The lowest BCUT2D eigenvalue weighted by Gasteiger charge is -2.33. The number of para-hydroxylation sites is 1. The largest absolute Gasteiger partial charge is 0.457 e. The second-order valence-electron chi connectivity index (χ2n) is 11.5. The molecule has 0 aliphatic heterocycles. The van der Waals surface area contributed by atoms with Crippen LogP contribution in [0, 0.1) is 12.8 Å². The average molecular weight is 628 g/mol. The molecule has 0 bridgehead atoms. The first kappa shape index (κ1) is 33.3. The number of aryl methyl sites for hydroxylation is 1. The summed E-state index contributed by atoms with van der Waals surface area (Å²) in [5, 5.41) is 3.00. The summed E-state index contributed by atoms with van der Waals surface area (Å²) >= 11 is 0. The highest BCUT2D eigenvalue weighted by Gasteiger charge is 2.33. The molecule has 0 aromatic heterocycles. The summed E-state index contributed by atoms with van der Waals surface area (Å²) in [5.41, 5.74) is 3.09. The molecule has 0 aliphatic carbocycles. The number of hydrogen-bond donors (Lipinski definition) is 1. The van der Waals surface area contributed by atoms with Gasteiger partial charge in [-0.2, -0.15) is 0 Å². The molecule has 1 N–H and O–H groups in total. The standard InChI is InChI=1S/C36H41N3O5S/c1-27(2)24-37-36(41)34(23-29-11-7-5-8-12-29)38(25-30-17-15-28(3)16-18-30)35(40)26-39(45(4,42)43)31-19-21-33(22-20-31)44-32-13-9-6-10-14-32/h5-22,27,34H,23-26H2,1-4H3,(H,37,41)/t34-/m1/s1. The Morgan fingerprint density at radius 2 is 1.36 bits per heavy atom. The maximum atomic E-state index is 14.2. The van der Waals surface area contributed by atoms with Gasteiger partial charge >= 0.3 is 0 Å². The molecule has 0 saturated heterocycles. The third-order valence-electron chi connectivity index (χ3n) is 7.21. The van der Waals surface area contributed by atoms with Crippen LogP contribution in [0.4, 0.5) is 5.69 Å². The molecule has 1 atom stereocenters. The average Bonchev–Trinajstić information content (AvgIpc) is 3.02. The van der Waals surface area contributed by atoms with E-state index in [0.717, 1.165) is 27.3 Å². The van der Waals surface area contributed by atoms with Gasteiger partial charge in [-0.15, -0.1) is 0 Å². The number of rotatable bonds is 14. The quantitative estimate of drug-likeness (QED) is 0.186. The third kappa shape index (κ3) is 9.94. The summed E-state index contributed by atoms with van der Waals surface area (Å²) in [6.07, 6.45) is 1.34. The SMILES string of the molecule is Cc1ccc(CN(C(=O)CN(c2ccc(Oc3ccccc3)cc2)S(C)(=O)=O)[C@H](Cc2ccccc2)C(=O)NCC(C)C)cc1. The maximum Gasteiger partial charge on any atom is 0.244 e. The van der Waals surface area contributed by atoms with Gasteiger partial charge in [0, 0.05) is 19.5 Å². The van der Waals surface area contributed by atoms with Gasteiger partial charge < -0.3 is 15.0 Å². The van der Waals surface area contributed by atoms with Crippen molar-refractivity contribution in [2.45, 2.75) is 39.8 Å². The number of sulfonamides is 1. The van der Waals surface area contributed by atoms with E-state index in [1.165, 1.54) is 4.90 Å². The number of nitrogens with one attached hydrogen (secondary N) is 1. The van der Waals surface area contributed by atoms with E-state index in [9.17, 15) is 18.0 Å². The molecule has 0 radical (unpaired) electrons. The molecule has 8 nitrogen and oxygen atoms in total. The van der Waals surface area contributed by atoms with Crippen molar-refractivity contribution >= 4 is 27.5 Å². The van der Waals surface area contributed by atoms with Crippen LogP contribution >= 0.6 is 0 Å². The zero-order valence-electron chi connectivity index (χ0n) is 26.2. The fraction of sp³-hybridized carbons (Fsp3) is 0.278. The Hall–Kier alpha value is -4.63. The summed E-state index contributed by atoms with van der Waals surface area (Å²) < 4.78 is 33.1. The van der Waals surface area contributed by atoms with E-state index in [2.05, 4.69) is 5.32 Å². The first-order chi connectivity index (χ1) is 21.5. The van der Waals surface area contributed by atoms with Crippen LogP contribution < -0.4 is 14.4 Å². The Kier molecular flexibility index (Phi) is 11.4. The highest BCUT2D eigenvalue weighted by molar-refractivity contribution is 7.92. The number of nitrogens with zero attached hydrogens (tertiary/aromatic N) is 2. The van der Waals surface area contributed by atoms with Gasteiger partial charge in [-0.25, -0.2) is 8.42 Å². The van der Waals surface area contributed by atoms with E-state index in [1.54, 1.807) is 24.3 Å². The van der Waals surface area contributed by atoms with E-state index in [0.29, 0.717) is 23.7 Å². The van der Waals surface area contributed by atoms with Gasteiger partial charge in [-0.05, 0) is 60.4 Å². The molecule has 4 aromatic rings. The minimum atomic E-state index is -3.88. The first-order valence-corrected chi connectivity index (χ1v) is 16.8. The van der Waals surface area contributed by atoms with E-state index in [4.69, 9.17) is 4.74 Å². The van der Waals surface area contributed by atoms with Crippen molar-refractivity contribution in [2.24, 2.45) is 5.92 Å². The molecule has 236 valence electrons. The minimum Gasteiger partial charge on any atom is -0.457 e. The Balaban J connectivity index is 1.67. The van der Waals surface area contributed by atoms with E-state index >= 15 is 0 Å². The monoisotopic (exact) mass is 627 g/mol. The predicted molar refractivity (Wildman–Crippen MR) is 179 cm³/mol. The Bertz CT molecular complexity index is 1640. The van der Waals surface area contributed by atoms with Gasteiger partial charge in [0.05, 0.1) is 11.9 Å². The number of ether oxygens (including phenoxy) is 1. The third-order valence-corrected chi connectivity index (χ3v) is 8.35. The smallest absolute Gasteiger partial charge is 0.244 e. The van der Waals surface area contributed by atoms with Crippen LogP contribution in [0.1, 0.15) is 30.5 Å². The number of hydrogen-bond acceptors (Lipinski definition) is 5. The molecule has 0 spiro atoms. The number of carbonyl (C=O) groups excluding carboxylic acids is 2. The molecular formula is C36H41N3O5S. The van der Waals surface area contributed by atoms with Gasteiger partial charge in [-0.1, -0.05) is 92.2 Å². The topological polar surface area (TPSA) is 96.0 Å².